The Morgan fingerprint density at radius 2 is 2.22 bits per heavy atom. The van der Waals surface area contributed by atoms with Crippen LogP contribution in [0.5, 0.6) is 0 Å². The maximum absolute atomic E-state index is 11.2. The molecule has 0 radical (unpaired) electrons. The van der Waals surface area contributed by atoms with Gasteiger partial charge in [-0.3, -0.25) is 0 Å². The molecule has 1 aliphatic rings. The van der Waals surface area contributed by atoms with Gasteiger partial charge in [-0.25, -0.2) is 4.79 Å². The molecule has 1 aliphatic heterocycles. The molecule has 1 fully saturated rings. The van der Waals surface area contributed by atoms with Gasteiger partial charge in [0, 0.05) is 24.2 Å². The highest BCUT2D eigenvalue weighted by molar-refractivity contribution is 6.31. The Hall–Kier alpha value is -1.26. The summed E-state index contributed by atoms with van der Waals surface area (Å²) in [4.78, 5) is 15.5. The molecule has 1 N–H and O–H groups in total. The molecule has 1 heterocycles. The number of aromatic carboxylic acids is 1. The third kappa shape index (κ3) is 2.60. The van der Waals surface area contributed by atoms with Gasteiger partial charge in [-0.2, -0.15) is 0 Å². The van der Waals surface area contributed by atoms with E-state index in [1.54, 1.807) is 18.2 Å². The summed E-state index contributed by atoms with van der Waals surface area (Å²) in [6.45, 7) is 1.71. The van der Waals surface area contributed by atoms with Crippen LogP contribution in [0.3, 0.4) is 0 Å². The molecule has 0 aliphatic carbocycles. The first kappa shape index (κ1) is 13.2. The number of hydrogen-bond acceptors (Lipinski definition) is 3. The Bertz CT molecular complexity index is 462. The number of carbonyl (C=O) groups is 1. The average Bonchev–Trinajstić information content (AvgIpc) is 2.77. The highest BCUT2D eigenvalue weighted by atomic mass is 35.5. The first-order chi connectivity index (χ1) is 8.49. The molecule has 98 valence electrons. The van der Waals surface area contributed by atoms with Crippen LogP contribution < -0.4 is 4.90 Å². The number of benzene rings is 1. The summed E-state index contributed by atoms with van der Waals surface area (Å²) in [7, 11) is 4.09. The fourth-order valence-corrected chi connectivity index (χ4v) is 2.50. The van der Waals surface area contributed by atoms with E-state index in [1.807, 2.05) is 14.1 Å². The molecular formula is C13H17ClN2O2. The van der Waals surface area contributed by atoms with Crippen molar-refractivity contribution in [1.29, 1.82) is 0 Å². The van der Waals surface area contributed by atoms with Crippen molar-refractivity contribution in [3.05, 3.63) is 28.8 Å². The predicted octanol–water partition coefficient (Wildman–Crippen LogP) is 2.18. The number of anilines is 1. The van der Waals surface area contributed by atoms with E-state index in [1.165, 1.54) is 0 Å². The normalized spacial score (nSPS) is 19.6. The number of carboxylic acids is 1. The third-order valence-corrected chi connectivity index (χ3v) is 3.66. The number of rotatable bonds is 3. The van der Waals surface area contributed by atoms with Crippen molar-refractivity contribution >= 4 is 23.3 Å². The van der Waals surface area contributed by atoms with Gasteiger partial charge in [-0.05, 0) is 38.7 Å². The zero-order valence-electron chi connectivity index (χ0n) is 10.6. The fraction of sp³-hybridized carbons (Fsp3) is 0.462. The highest BCUT2D eigenvalue weighted by Gasteiger charge is 2.26. The van der Waals surface area contributed by atoms with Crippen molar-refractivity contribution in [2.45, 2.75) is 12.5 Å². The Kier molecular flexibility index (Phi) is 3.78. The SMILES string of the molecule is CN(C)C1CCN(c2cc(Cl)ccc2C(=O)O)C1. The van der Waals surface area contributed by atoms with Crippen LogP contribution in [0.2, 0.25) is 5.02 Å². The van der Waals surface area contributed by atoms with Gasteiger partial charge in [-0.1, -0.05) is 11.6 Å². The number of carboxylic acid groups (broad SMARTS) is 1. The topological polar surface area (TPSA) is 43.8 Å². The second-order valence-electron chi connectivity index (χ2n) is 4.82. The zero-order chi connectivity index (χ0) is 13.3. The molecule has 18 heavy (non-hydrogen) atoms. The maximum atomic E-state index is 11.2. The van der Waals surface area contributed by atoms with E-state index in [0.717, 1.165) is 25.2 Å². The molecule has 1 aromatic rings. The average molecular weight is 269 g/mol. The molecular weight excluding hydrogens is 252 g/mol. The van der Waals surface area contributed by atoms with E-state index in [9.17, 15) is 9.90 Å². The van der Waals surface area contributed by atoms with Crippen LogP contribution in [0, 0.1) is 0 Å². The summed E-state index contributed by atoms with van der Waals surface area (Å²) in [5.74, 6) is -0.907. The van der Waals surface area contributed by atoms with E-state index in [0.29, 0.717) is 16.6 Å². The van der Waals surface area contributed by atoms with E-state index >= 15 is 0 Å². The van der Waals surface area contributed by atoms with Crippen LogP contribution in [0.15, 0.2) is 18.2 Å². The van der Waals surface area contributed by atoms with Crippen LogP contribution in [0.1, 0.15) is 16.8 Å². The van der Waals surface area contributed by atoms with E-state index < -0.39 is 5.97 Å². The van der Waals surface area contributed by atoms with E-state index in [2.05, 4.69) is 9.80 Å². The Morgan fingerprint density at radius 3 is 2.78 bits per heavy atom. The molecule has 1 saturated heterocycles. The molecule has 1 aromatic carbocycles. The standard InChI is InChI=1S/C13H17ClN2O2/c1-15(2)10-5-6-16(8-10)12-7-9(14)3-4-11(12)13(17)18/h3-4,7,10H,5-6,8H2,1-2H3,(H,17,18). The zero-order valence-corrected chi connectivity index (χ0v) is 11.3. The van der Waals surface area contributed by atoms with Crippen LogP contribution in [-0.2, 0) is 0 Å². The van der Waals surface area contributed by atoms with E-state index in [-0.39, 0.29) is 0 Å². The highest BCUT2D eigenvalue weighted by Crippen LogP contribution is 2.28. The van der Waals surface area contributed by atoms with Crippen molar-refractivity contribution < 1.29 is 9.90 Å². The molecule has 0 amide bonds. The van der Waals surface area contributed by atoms with Crippen molar-refractivity contribution in [3.8, 4) is 0 Å². The second-order valence-corrected chi connectivity index (χ2v) is 5.26. The lowest BCUT2D eigenvalue weighted by molar-refractivity contribution is 0.0697. The second kappa shape index (κ2) is 5.16. The van der Waals surface area contributed by atoms with Crippen molar-refractivity contribution in [1.82, 2.24) is 4.90 Å². The molecule has 0 aromatic heterocycles. The summed E-state index contributed by atoms with van der Waals surface area (Å²) in [5.41, 5.74) is 1.04. The number of nitrogens with zero attached hydrogens (tertiary/aromatic N) is 2. The Morgan fingerprint density at radius 1 is 1.50 bits per heavy atom. The molecule has 5 heteroatoms. The summed E-state index contributed by atoms with van der Waals surface area (Å²) in [6, 6.07) is 5.39. The Labute approximate surface area is 112 Å². The molecule has 1 unspecified atom stereocenters. The smallest absolute Gasteiger partial charge is 0.337 e. The summed E-state index contributed by atoms with van der Waals surface area (Å²) in [6.07, 6.45) is 1.04. The monoisotopic (exact) mass is 268 g/mol. The minimum absolute atomic E-state index is 0.318. The van der Waals surface area contributed by atoms with Gasteiger partial charge >= 0.3 is 5.97 Å². The van der Waals surface area contributed by atoms with Crippen LogP contribution in [-0.4, -0.2) is 49.2 Å². The first-order valence-electron chi connectivity index (χ1n) is 5.93. The van der Waals surface area contributed by atoms with Gasteiger partial charge < -0.3 is 14.9 Å². The fourth-order valence-electron chi connectivity index (χ4n) is 2.33. The molecule has 0 spiro atoms. The quantitative estimate of drug-likeness (QED) is 0.913. The van der Waals surface area contributed by atoms with Crippen molar-refractivity contribution in [3.63, 3.8) is 0 Å². The molecule has 0 saturated carbocycles. The van der Waals surface area contributed by atoms with Gasteiger partial charge in [0.1, 0.15) is 0 Å². The van der Waals surface area contributed by atoms with Crippen molar-refractivity contribution in [2.24, 2.45) is 0 Å². The predicted molar refractivity (Wildman–Crippen MR) is 72.7 cm³/mol. The van der Waals surface area contributed by atoms with Gasteiger partial charge in [0.2, 0.25) is 0 Å². The first-order valence-corrected chi connectivity index (χ1v) is 6.31. The number of likely N-dealkylation sites (N-methyl/N-ethyl adjacent to an activating group) is 1. The molecule has 1 atom stereocenters. The maximum Gasteiger partial charge on any atom is 0.337 e. The Balaban J connectivity index is 2.28. The minimum Gasteiger partial charge on any atom is -0.478 e. The largest absolute Gasteiger partial charge is 0.478 e. The van der Waals surface area contributed by atoms with E-state index in [4.69, 9.17) is 11.6 Å². The number of hydrogen-bond donors (Lipinski definition) is 1. The summed E-state index contributed by atoms with van der Waals surface area (Å²) < 4.78 is 0. The van der Waals surface area contributed by atoms with Gasteiger partial charge in [0.25, 0.3) is 0 Å². The van der Waals surface area contributed by atoms with Crippen LogP contribution in [0.4, 0.5) is 5.69 Å². The van der Waals surface area contributed by atoms with Crippen LogP contribution in [0.25, 0.3) is 0 Å². The van der Waals surface area contributed by atoms with Gasteiger partial charge in [-0.15, -0.1) is 0 Å². The van der Waals surface area contributed by atoms with Gasteiger partial charge in [0.05, 0.1) is 11.3 Å². The molecule has 4 nitrogen and oxygen atoms in total. The summed E-state index contributed by atoms with van der Waals surface area (Å²) >= 11 is 5.97. The minimum atomic E-state index is -0.907. The molecule has 0 bridgehead atoms. The van der Waals surface area contributed by atoms with Gasteiger partial charge in [0.15, 0.2) is 0 Å². The van der Waals surface area contributed by atoms with Crippen molar-refractivity contribution in [2.75, 3.05) is 32.1 Å². The lowest BCUT2D eigenvalue weighted by atomic mass is 10.1. The number of halogens is 1. The molecule has 2 rings (SSSR count). The lowest BCUT2D eigenvalue weighted by Crippen LogP contribution is -2.31. The lowest BCUT2D eigenvalue weighted by Gasteiger charge is -2.23. The van der Waals surface area contributed by atoms with Crippen LogP contribution >= 0.6 is 11.6 Å². The summed E-state index contributed by atoms with van der Waals surface area (Å²) in [5, 5.41) is 9.78. The third-order valence-electron chi connectivity index (χ3n) is 3.42.